The minimum atomic E-state index is -0.568. The van der Waals surface area contributed by atoms with Crippen molar-refractivity contribution in [1.82, 2.24) is 9.88 Å². The Hall–Kier alpha value is -3.22. The van der Waals surface area contributed by atoms with Crippen LogP contribution in [0.15, 0.2) is 66.9 Å². The Balaban J connectivity index is 1.76. The highest BCUT2D eigenvalue weighted by Crippen LogP contribution is 2.35. The zero-order valence-electron chi connectivity index (χ0n) is 16.1. The number of hydrogen-bond donors (Lipinski definition) is 1. The standard InChI is InChI=1S/C23H23N3O3/c24-22(27)19-9-5-11-25-23(19)29-21-10-4-8-18(17-6-2-1-3-7-17)20(21)16-26-12-14-28-15-13-26/h1-11H,12-16H2,(H2,24,27). The maximum Gasteiger partial charge on any atom is 0.254 e. The molecular formula is C23H23N3O3. The molecule has 2 aromatic carbocycles. The fraction of sp³-hybridized carbons (Fsp3) is 0.217. The van der Waals surface area contributed by atoms with Crippen molar-refractivity contribution in [3.8, 4) is 22.8 Å². The molecule has 2 N–H and O–H groups in total. The molecule has 3 aromatic rings. The summed E-state index contributed by atoms with van der Waals surface area (Å²) in [5.41, 5.74) is 9.00. The van der Waals surface area contributed by atoms with E-state index >= 15 is 0 Å². The quantitative estimate of drug-likeness (QED) is 0.698. The first kappa shape index (κ1) is 19.1. The average Bonchev–Trinajstić information content (AvgIpc) is 2.76. The minimum absolute atomic E-state index is 0.216. The van der Waals surface area contributed by atoms with E-state index in [1.54, 1.807) is 18.3 Å². The zero-order chi connectivity index (χ0) is 20.1. The first-order valence-corrected chi connectivity index (χ1v) is 9.62. The van der Waals surface area contributed by atoms with Crippen molar-refractivity contribution in [2.45, 2.75) is 6.54 Å². The number of carbonyl (C=O) groups is 1. The Bertz CT molecular complexity index is 986. The molecule has 0 bridgehead atoms. The number of aromatic nitrogens is 1. The molecule has 0 saturated carbocycles. The van der Waals surface area contributed by atoms with E-state index in [0.717, 1.165) is 43.0 Å². The topological polar surface area (TPSA) is 77.7 Å². The molecular weight excluding hydrogens is 366 g/mol. The predicted octanol–water partition coefficient (Wildman–Crippen LogP) is 3.47. The lowest BCUT2D eigenvalue weighted by molar-refractivity contribution is 0.0340. The third-order valence-corrected chi connectivity index (χ3v) is 4.95. The molecule has 1 aliphatic rings. The van der Waals surface area contributed by atoms with Crippen LogP contribution in [0.3, 0.4) is 0 Å². The maximum atomic E-state index is 11.8. The molecule has 29 heavy (non-hydrogen) atoms. The highest BCUT2D eigenvalue weighted by atomic mass is 16.5. The third-order valence-electron chi connectivity index (χ3n) is 4.95. The van der Waals surface area contributed by atoms with Gasteiger partial charge in [-0.25, -0.2) is 4.98 Å². The maximum absolute atomic E-state index is 11.8. The van der Waals surface area contributed by atoms with Crippen molar-refractivity contribution >= 4 is 5.91 Å². The highest BCUT2D eigenvalue weighted by Gasteiger charge is 2.19. The number of nitrogens with zero attached hydrogens (tertiary/aromatic N) is 2. The Morgan fingerprint density at radius 2 is 1.83 bits per heavy atom. The Morgan fingerprint density at radius 3 is 2.59 bits per heavy atom. The first-order valence-electron chi connectivity index (χ1n) is 9.62. The monoisotopic (exact) mass is 389 g/mol. The van der Waals surface area contributed by atoms with Crippen LogP contribution in [0.5, 0.6) is 11.6 Å². The van der Waals surface area contributed by atoms with Gasteiger partial charge in [0.05, 0.1) is 13.2 Å². The van der Waals surface area contributed by atoms with Gasteiger partial charge in [-0.05, 0) is 29.3 Å². The largest absolute Gasteiger partial charge is 0.438 e. The third kappa shape index (κ3) is 4.45. The first-order chi connectivity index (χ1) is 14.2. The van der Waals surface area contributed by atoms with Crippen molar-refractivity contribution in [1.29, 1.82) is 0 Å². The van der Waals surface area contributed by atoms with Crippen LogP contribution in [-0.4, -0.2) is 42.1 Å². The van der Waals surface area contributed by atoms with Gasteiger partial charge in [-0.15, -0.1) is 0 Å². The predicted molar refractivity (Wildman–Crippen MR) is 111 cm³/mol. The lowest BCUT2D eigenvalue weighted by Gasteiger charge is -2.28. The van der Waals surface area contributed by atoms with Gasteiger partial charge in [0.15, 0.2) is 0 Å². The lowest BCUT2D eigenvalue weighted by Crippen LogP contribution is -2.35. The van der Waals surface area contributed by atoms with Crippen molar-refractivity contribution in [3.63, 3.8) is 0 Å². The second kappa shape index (κ2) is 8.86. The van der Waals surface area contributed by atoms with E-state index < -0.39 is 5.91 Å². The van der Waals surface area contributed by atoms with E-state index in [1.165, 1.54) is 0 Å². The molecule has 2 heterocycles. The Morgan fingerprint density at radius 1 is 1.03 bits per heavy atom. The molecule has 1 aromatic heterocycles. The summed E-state index contributed by atoms with van der Waals surface area (Å²) in [6.07, 6.45) is 1.59. The van der Waals surface area contributed by atoms with Gasteiger partial charge in [0.1, 0.15) is 11.3 Å². The Kier molecular flexibility index (Phi) is 5.84. The van der Waals surface area contributed by atoms with Crippen molar-refractivity contribution in [3.05, 3.63) is 78.0 Å². The zero-order valence-corrected chi connectivity index (χ0v) is 16.1. The number of morpholine rings is 1. The van der Waals surface area contributed by atoms with Crippen LogP contribution < -0.4 is 10.5 Å². The number of ether oxygens (including phenoxy) is 2. The summed E-state index contributed by atoms with van der Waals surface area (Å²) in [6.45, 7) is 3.87. The molecule has 6 heteroatoms. The smallest absolute Gasteiger partial charge is 0.254 e. The molecule has 1 aliphatic heterocycles. The Labute approximate surface area is 169 Å². The normalized spacial score (nSPS) is 14.5. The van der Waals surface area contributed by atoms with Gasteiger partial charge < -0.3 is 15.2 Å². The molecule has 6 nitrogen and oxygen atoms in total. The number of carbonyl (C=O) groups excluding carboxylic acids is 1. The molecule has 1 fully saturated rings. The van der Waals surface area contributed by atoms with Gasteiger partial charge in [0.2, 0.25) is 5.88 Å². The summed E-state index contributed by atoms with van der Waals surface area (Å²) >= 11 is 0. The summed E-state index contributed by atoms with van der Waals surface area (Å²) in [5, 5.41) is 0. The second-order valence-corrected chi connectivity index (χ2v) is 6.86. The minimum Gasteiger partial charge on any atom is -0.438 e. The fourth-order valence-electron chi connectivity index (χ4n) is 3.46. The van der Waals surface area contributed by atoms with Gasteiger partial charge in [-0.1, -0.05) is 42.5 Å². The van der Waals surface area contributed by atoms with E-state index in [9.17, 15) is 4.79 Å². The molecule has 148 valence electrons. The van der Waals surface area contributed by atoms with Crippen molar-refractivity contribution in [2.24, 2.45) is 5.73 Å². The molecule has 0 unspecified atom stereocenters. The fourth-order valence-corrected chi connectivity index (χ4v) is 3.46. The number of primary amides is 1. The molecule has 0 aliphatic carbocycles. The van der Waals surface area contributed by atoms with E-state index in [2.05, 4.69) is 28.1 Å². The van der Waals surface area contributed by atoms with Crippen LogP contribution in [0, 0.1) is 0 Å². The number of rotatable bonds is 6. The van der Waals surface area contributed by atoms with E-state index in [-0.39, 0.29) is 11.4 Å². The summed E-state index contributed by atoms with van der Waals surface area (Å²) < 4.78 is 11.6. The van der Waals surface area contributed by atoms with Gasteiger partial charge in [0.25, 0.3) is 5.91 Å². The molecule has 1 amide bonds. The number of amides is 1. The SMILES string of the molecule is NC(=O)c1cccnc1Oc1cccc(-c2ccccc2)c1CN1CCOCC1. The number of hydrogen-bond acceptors (Lipinski definition) is 5. The van der Waals surface area contributed by atoms with Gasteiger partial charge in [-0.3, -0.25) is 9.69 Å². The van der Waals surface area contributed by atoms with Crippen LogP contribution in [0.4, 0.5) is 0 Å². The number of nitrogens with two attached hydrogens (primary N) is 1. The summed E-state index contributed by atoms with van der Waals surface area (Å²) in [7, 11) is 0. The van der Waals surface area contributed by atoms with Crippen LogP contribution in [0.2, 0.25) is 0 Å². The van der Waals surface area contributed by atoms with Crippen molar-refractivity contribution in [2.75, 3.05) is 26.3 Å². The summed E-state index contributed by atoms with van der Waals surface area (Å²) in [4.78, 5) is 18.4. The molecule has 0 spiro atoms. The van der Waals surface area contributed by atoms with E-state index in [4.69, 9.17) is 15.2 Å². The molecule has 0 atom stereocenters. The van der Waals surface area contributed by atoms with Gasteiger partial charge in [-0.2, -0.15) is 0 Å². The molecule has 0 radical (unpaired) electrons. The van der Waals surface area contributed by atoms with Gasteiger partial charge in [0, 0.05) is 31.4 Å². The van der Waals surface area contributed by atoms with Crippen LogP contribution in [-0.2, 0) is 11.3 Å². The highest BCUT2D eigenvalue weighted by molar-refractivity contribution is 5.95. The van der Waals surface area contributed by atoms with E-state index in [0.29, 0.717) is 12.3 Å². The second-order valence-electron chi connectivity index (χ2n) is 6.86. The number of pyridine rings is 1. The average molecular weight is 389 g/mol. The van der Waals surface area contributed by atoms with Crippen LogP contribution >= 0.6 is 0 Å². The molecule has 4 rings (SSSR count). The summed E-state index contributed by atoms with van der Waals surface area (Å²) in [5.74, 6) is 0.314. The van der Waals surface area contributed by atoms with Gasteiger partial charge >= 0.3 is 0 Å². The molecule has 1 saturated heterocycles. The van der Waals surface area contributed by atoms with E-state index in [1.807, 2.05) is 30.3 Å². The van der Waals surface area contributed by atoms with Crippen LogP contribution in [0.1, 0.15) is 15.9 Å². The summed E-state index contributed by atoms with van der Waals surface area (Å²) in [6, 6.07) is 19.4. The lowest BCUT2D eigenvalue weighted by atomic mass is 9.98. The van der Waals surface area contributed by atoms with Crippen molar-refractivity contribution < 1.29 is 14.3 Å². The van der Waals surface area contributed by atoms with Crippen LogP contribution in [0.25, 0.3) is 11.1 Å². The number of benzene rings is 2.